The second-order valence-corrected chi connectivity index (χ2v) is 4.10. The molecule has 0 heterocycles. The third-order valence-electron chi connectivity index (χ3n) is 2.50. The van der Waals surface area contributed by atoms with Gasteiger partial charge in [-0.3, -0.25) is 0 Å². The Morgan fingerprint density at radius 3 is 2.81 bits per heavy atom. The fourth-order valence-corrected chi connectivity index (χ4v) is 1.70. The fraction of sp³-hybridized carbons (Fsp3) is 0.500. The fourth-order valence-electron chi connectivity index (χ4n) is 1.51. The first-order valence-electron chi connectivity index (χ1n) is 5.38. The van der Waals surface area contributed by atoms with Crippen molar-refractivity contribution in [3.63, 3.8) is 0 Å². The first-order valence-corrected chi connectivity index (χ1v) is 5.76. The molecular weight excluding hydrogens is 224 g/mol. The first kappa shape index (κ1) is 13.1. The average molecular weight is 243 g/mol. The number of halogens is 1. The van der Waals surface area contributed by atoms with Gasteiger partial charge in [-0.25, -0.2) is 0 Å². The Morgan fingerprint density at radius 2 is 2.19 bits per heavy atom. The van der Waals surface area contributed by atoms with Crippen molar-refractivity contribution in [1.29, 1.82) is 0 Å². The van der Waals surface area contributed by atoms with Gasteiger partial charge in [-0.2, -0.15) is 0 Å². The van der Waals surface area contributed by atoms with Crippen LogP contribution in [-0.2, 0) is 0 Å². The second-order valence-electron chi connectivity index (χ2n) is 3.70. The SMILES string of the molecule is CNCCCN(C)c1ccc(Cl)c(OC)c1. The third kappa shape index (κ3) is 3.58. The van der Waals surface area contributed by atoms with Crippen LogP contribution >= 0.6 is 11.6 Å². The van der Waals surface area contributed by atoms with Crippen LogP contribution in [0.5, 0.6) is 5.75 Å². The number of hydrogen-bond donors (Lipinski definition) is 1. The van der Waals surface area contributed by atoms with Gasteiger partial charge in [0, 0.05) is 25.3 Å². The van der Waals surface area contributed by atoms with Crippen molar-refractivity contribution in [2.45, 2.75) is 6.42 Å². The molecule has 1 aromatic rings. The molecule has 90 valence electrons. The van der Waals surface area contributed by atoms with Crippen LogP contribution in [0.4, 0.5) is 5.69 Å². The Balaban J connectivity index is 2.64. The molecule has 0 bridgehead atoms. The number of nitrogens with one attached hydrogen (secondary N) is 1. The molecule has 0 fully saturated rings. The summed E-state index contributed by atoms with van der Waals surface area (Å²) in [5, 5.41) is 3.78. The number of ether oxygens (including phenoxy) is 1. The zero-order chi connectivity index (χ0) is 12.0. The molecule has 16 heavy (non-hydrogen) atoms. The molecule has 0 aliphatic heterocycles. The smallest absolute Gasteiger partial charge is 0.139 e. The average Bonchev–Trinajstić information content (AvgIpc) is 2.30. The van der Waals surface area contributed by atoms with Crippen molar-refractivity contribution in [2.24, 2.45) is 0 Å². The summed E-state index contributed by atoms with van der Waals surface area (Å²) in [4.78, 5) is 2.19. The molecule has 1 aromatic carbocycles. The Kier molecular flexibility index (Phi) is 5.43. The molecule has 0 aliphatic rings. The van der Waals surface area contributed by atoms with Crippen LogP contribution in [0.15, 0.2) is 18.2 Å². The maximum absolute atomic E-state index is 5.97. The molecule has 0 radical (unpaired) electrons. The van der Waals surface area contributed by atoms with E-state index < -0.39 is 0 Å². The summed E-state index contributed by atoms with van der Waals surface area (Å²) in [5.41, 5.74) is 1.12. The van der Waals surface area contributed by atoms with E-state index in [1.807, 2.05) is 25.2 Å². The Labute approximate surface area is 102 Å². The van der Waals surface area contributed by atoms with Crippen LogP contribution in [0.1, 0.15) is 6.42 Å². The number of hydrogen-bond acceptors (Lipinski definition) is 3. The lowest BCUT2D eigenvalue weighted by atomic mass is 10.2. The van der Waals surface area contributed by atoms with Gasteiger partial charge in [0.05, 0.1) is 12.1 Å². The molecule has 4 heteroatoms. The molecule has 0 saturated heterocycles. The van der Waals surface area contributed by atoms with Gasteiger partial charge in [-0.15, -0.1) is 0 Å². The number of nitrogens with zero attached hydrogens (tertiary/aromatic N) is 1. The highest BCUT2D eigenvalue weighted by atomic mass is 35.5. The Hall–Kier alpha value is -0.930. The highest BCUT2D eigenvalue weighted by Crippen LogP contribution is 2.28. The molecule has 0 unspecified atom stereocenters. The zero-order valence-electron chi connectivity index (χ0n) is 10.1. The van der Waals surface area contributed by atoms with E-state index in [0.717, 1.165) is 30.9 Å². The predicted octanol–water partition coefficient (Wildman–Crippen LogP) is 2.39. The van der Waals surface area contributed by atoms with E-state index in [1.54, 1.807) is 7.11 Å². The summed E-state index contributed by atoms with van der Waals surface area (Å²) in [6.45, 7) is 2.03. The third-order valence-corrected chi connectivity index (χ3v) is 2.81. The van der Waals surface area contributed by atoms with Gasteiger partial charge in [0.25, 0.3) is 0 Å². The van der Waals surface area contributed by atoms with Crippen molar-refractivity contribution in [3.8, 4) is 5.75 Å². The highest BCUT2D eigenvalue weighted by Gasteiger charge is 2.05. The number of anilines is 1. The summed E-state index contributed by atoms with van der Waals surface area (Å²) in [7, 11) is 5.66. The van der Waals surface area contributed by atoms with Gasteiger partial charge in [-0.1, -0.05) is 11.6 Å². The predicted molar refractivity (Wildman–Crippen MR) is 69.8 cm³/mol. The summed E-state index contributed by atoms with van der Waals surface area (Å²) >= 11 is 5.97. The van der Waals surface area contributed by atoms with Crippen LogP contribution in [0.25, 0.3) is 0 Å². The topological polar surface area (TPSA) is 24.5 Å². The molecule has 0 amide bonds. The maximum Gasteiger partial charge on any atom is 0.139 e. The molecular formula is C12H19ClN2O. The second kappa shape index (κ2) is 6.61. The maximum atomic E-state index is 5.97. The van der Waals surface area contributed by atoms with Gasteiger partial charge < -0.3 is 15.0 Å². The molecule has 3 nitrogen and oxygen atoms in total. The number of rotatable bonds is 6. The largest absolute Gasteiger partial charge is 0.495 e. The Morgan fingerprint density at radius 1 is 1.44 bits per heavy atom. The van der Waals surface area contributed by atoms with Gasteiger partial charge in [0.15, 0.2) is 0 Å². The summed E-state index contributed by atoms with van der Waals surface area (Å²) in [6, 6.07) is 5.83. The molecule has 0 aliphatic carbocycles. The molecule has 1 N–H and O–H groups in total. The lowest BCUT2D eigenvalue weighted by molar-refractivity contribution is 0.415. The summed E-state index contributed by atoms with van der Waals surface area (Å²) in [6.07, 6.45) is 1.11. The minimum absolute atomic E-state index is 0.648. The van der Waals surface area contributed by atoms with Gasteiger partial charge >= 0.3 is 0 Å². The zero-order valence-corrected chi connectivity index (χ0v) is 10.8. The standard InChI is InChI=1S/C12H19ClN2O/c1-14-7-4-8-15(2)10-5-6-11(13)12(9-10)16-3/h5-6,9,14H,4,7-8H2,1-3H3. The van der Waals surface area contributed by atoms with E-state index in [9.17, 15) is 0 Å². The van der Waals surface area contributed by atoms with Gasteiger partial charge in [0.2, 0.25) is 0 Å². The van der Waals surface area contributed by atoms with Crippen LogP contribution < -0.4 is 15.0 Å². The van der Waals surface area contributed by atoms with E-state index in [-0.39, 0.29) is 0 Å². The highest BCUT2D eigenvalue weighted by molar-refractivity contribution is 6.32. The van der Waals surface area contributed by atoms with E-state index >= 15 is 0 Å². The van der Waals surface area contributed by atoms with E-state index in [1.165, 1.54) is 0 Å². The van der Waals surface area contributed by atoms with Crippen molar-refractivity contribution in [2.75, 3.05) is 39.2 Å². The monoisotopic (exact) mass is 242 g/mol. The minimum Gasteiger partial charge on any atom is -0.495 e. The van der Waals surface area contributed by atoms with E-state index in [4.69, 9.17) is 16.3 Å². The summed E-state index contributed by atoms with van der Waals surface area (Å²) in [5.74, 6) is 0.722. The molecule has 1 rings (SSSR count). The van der Waals surface area contributed by atoms with E-state index in [0.29, 0.717) is 5.02 Å². The van der Waals surface area contributed by atoms with Crippen LogP contribution in [0.3, 0.4) is 0 Å². The lowest BCUT2D eigenvalue weighted by Crippen LogP contribution is -2.22. The first-order chi connectivity index (χ1) is 7.69. The van der Waals surface area contributed by atoms with Crippen LogP contribution in [0.2, 0.25) is 5.02 Å². The minimum atomic E-state index is 0.648. The molecule has 0 spiro atoms. The Bertz CT molecular complexity index is 331. The molecule has 0 atom stereocenters. The van der Waals surface area contributed by atoms with Crippen LogP contribution in [-0.4, -0.2) is 34.3 Å². The van der Waals surface area contributed by atoms with Crippen molar-refractivity contribution in [1.82, 2.24) is 5.32 Å². The van der Waals surface area contributed by atoms with Crippen LogP contribution in [0, 0.1) is 0 Å². The van der Waals surface area contributed by atoms with Crippen molar-refractivity contribution < 1.29 is 4.74 Å². The molecule has 0 aromatic heterocycles. The van der Waals surface area contributed by atoms with Crippen molar-refractivity contribution in [3.05, 3.63) is 23.2 Å². The van der Waals surface area contributed by atoms with Gasteiger partial charge in [0.1, 0.15) is 5.75 Å². The summed E-state index contributed by atoms with van der Waals surface area (Å²) < 4.78 is 5.19. The molecule has 0 saturated carbocycles. The normalized spacial score (nSPS) is 10.2. The number of benzene rings is 1. The lowest BCUT2D eigenvalue weighted by Gasteiger charge is -2.20. The number of methoxy groups -OCH3 is 1. The van der Waals surface area contributed by atoms with Crippen molar-refractivity contribution >= 4 is 17.3 Å². The van der Waals surface area contributed by atoms with Gasteiger partial charge in [-0.05, 0) is 32.1 Å². The van der Waals surface area contributed by atoms with E-state index in [2.05, 4.69) is 17.3 Å². The quantitative estimate of drug-likeness (QED) is 0.776.